The molecule has 3 N–H and O–H groups in total. The van der Waals surface area contributed by atoms with E-state index in [4.69, 9.17) is 4.74 Å². The Bertz CT molecular complexity index is 1220. The number of unbranched alkanes of at least 4 members (excludes halogenated alkanes) is 2. The van der Waals surface area contributed by atoms with Crippen LogP contribution in [0.1, 0.15) is 122 Å². The molecule has 47 heavy (non-hydrogen) atoms. The number of Topliss-reactive ketones (excluding diaryl/α,β-unsaturated/α-hetero) is 1. The predicted molar refractivity (Wildman–Crippen MR) is 194 cm³/mol. The molecule has 7 heteroatoms. The summed E-state index contributed by atoms with van der Waals surface area (Å²) < 4.78 is 6.25. The molecule has 1 aromatic carbocycles. The monoisotopic (exact) mass is 649 g/mol. The summed E-state index contributed by atoms with van der Waals surface area (Å²) in [6.45, 7) is 10.5. The van der Waals surface area contributed by atoms with Gasteiger partial charge in [-0.25, -0.2) is 4.79 Å². The van der Waals surface area contributed by atoms with E-state index in [0.29, 0.717) is 25.9 Å². The second kappa shape index (κ2) is 24.5. The van der Waals surface area contributed by atoms with Crippen LogP contribution in [-0.4, -0.2) is 40.1 Å². The third-order valence-electron chi connectivity index (χ3n) is 8.00. The van der Waals surface area contributed by atoms with Crippen molar-refractivity contribution < 1.29 is 29.3 Å². The van der Waals surface area contributed by atoms with Crippen LogP contribution in [0.4, 0.5) is 5.69 Å². The highest BCUT2D eigenvalue weighted by Gasteiger charge is 2.38. The molecule has 1 atom stereocenters. The SMILES string of the molecule is CC/C=C\C/C=C\C/C=C\C/C=C\C/C=C\CCCCOC(CC)(CC)C(=O)CC(CC(C)C)C(=O)Nc1ccc(O)c(C(=O)O)c1. The molecule has 0 aliphatic heterocycles. The Hall–Kier alpha value is -3.71. The van der Waals surface area contributed by atoms with Crippen molar-refractivity contribution in [3.8, 4) is 5.75 Å². The van der Waals surface area contributed by atoms with Gasteiger partial charge in [-0.2, -0.15) is 0 Å². The second-order valence-electron chi connectivity index (χ2n) is 12.2. The summed E-state index contributed by atoms with van der Waals surface area (Å²) in [6, 6.07) is 3.89. The molecule has 0 radical (unpaired) electrons. The first-order valence-electron chi connectivity index (χ1n) is 17.4. The van der Waals surface area contributed by atoms with Gasteiger partial charge in [-0.05, 0) is 94.7 Å². The summed E-state index contributed by atoms with van der Waals surface area (Å²) in [7, 11) is 0. The summed E-state index contributed by atoms with van der Waals surface area (Å²) in [5.74, 6) is -2.54. The zero-order valence-electron chi connectivity index (χ0n) is 29.4. The number of nitrogens with one attached hydrogen (secondary N) is 1. The predicted octanol–water partition coefficient (Wildman–Crippen LogP) is 10.1. The number of phenols is 1. The highest BCUT2D eigenvalue weighted by Crippen LogP contribution is 2.29. The molecule has 0 spiro atoms. The molecule has 0 fully saturated rings. The number of hydrogen-bond donors (Lipinski definition) is 3. The standard InChI is InChI=1S/C40H59NO6/c1-6-9-10-11-12-13-14-15-16-17-18-19-20-21-22-23-24-25-28-47-40(7-2,8-3)37(43)30-33(29-32(4)5)38(44)41-34-26-27-36(42)35(31-34)39(45)46/h9-10,12-13,15-16,18-19,21-22,26-27,31-33,42H,6-8,11,14,17,20,23-25,28-30H2,1-5H3,(H,41,44)(H,45,46)/b10-9-,13-12-,16-15-,19-18-,22-21-. The van der Waals surface area contributed by atoms with Crippen LogP contribution in [0.5, 0.6) is 5.75 Å². The average molecular weight is 650 g/mol. The lowest BCUT2D eigenvalue weighted by molar-refractivity contribution is -0.148. The summed E-state index contributed by atoms with van der Waals surface area (Å²) in [6.07, 6.45) is 31.2. The van der Waals surface area contributed by atoms with Crippen molar-refractivity contribution in [1.29, 1.82) is 0 Å². The van der Waals surface area contributed by atoms with E-state index in [1.54, 1.807) is 0 Å². The van der Waals surface area contributed by atoms with Crippen molar-refractivity contribution >= 4 is 23.3 Å². The third-order valence-corrected chi connectivity index (χ3v) is 8.00. The van der Waals surface area contributed by atoms with E-state index < -0.39 is 17.5 Å². The number of benzene rings is 1. The molecule has 260 valence electrons. The van der Waals surface area contributed by atoms with Crippen LogP contribution >= 0.6 is 0 Å². The number of aromatic carboxylic acids is 1. The van der Waals surface area contributed by atoms with Crippen LogP contribution in [-0.2, 0) is 14.3 Å². The van der Waals surface area contributed by atoms with Crippen LogP contribution in [0, 0.1) is 11.8 Å². The number of amides is 1. The van der Waals surface area contributed by atoms with Gasteiger partial charge in [-0.1, -0.05) is 95.4 Å². The van der Waals surface area contributed by atoms with Gasteiger partial charge in [-0.3, -0.25) is 9.59 Å². The molecule has 0 saturated carbocycles. The number of ether oxygens (including phenoxy) is 1. The number of allylic oxidation sites excluding steroid dienone is 10. The Balaban J connectivity index is 2.52. The van der Waals surface area contributed by atoms with Gasteiger partial charge in [0, 0.05) is 24.6 Å². The number of rotatable bonds is 25. The molecular weight excluding hydrogens is 590 g/mol. The largest absolute Gasteiger partial charge is 0.507 e. The minimum absolute atomic E-state index is 0.0373. The molecule has 0 aliphatic carbocycles. The van der Waals surface area contributed by atoms with Gasteiger partial charge in [0.2, 0.25) is 5.91 Å². The van der Waals surface area contributed by atoms with Crippen molar-refractivity contribution in [2.75, 3.05) is 11.9 Å². The van der Waals surface area contributed by atoms with Gasteiger partial charge in [0.05, 0.1) is 0 Å². The molecular formula is C40H59NO6. The highest BCUT2D eigenvalue weighted by atomic mass is 16.5. The van der Waals surface area contributed by atoms with Crippen molar-refractivity contribution in [2.45, 2.75) is 117 Å². The average Bonchev–Trinajstić information content (AvgIpc) is 3.04. The first kappa shape index (κ1) is 41.3. The summed E-state index contributed by atoms with van der Waals surface area (Å²) in [5, 5.41) is 21.8. The summed E-state index contributed by atoms with van der Waals surface area (Å²) in [4.78, 5) is 38.3. The zero-order chi connectivity index (χ0) is 34.9. The Labute approximate surface area is 283 Å². The molecule has 1 unspecified atom stereocenters. The van der Waals surface area contributed by atoms with Gasteiger partial charge in [0.25, 0.3) is 0 Å². The van der Waals surface area contributed by atoms with Crippen LogP contribution in [0.15, 0.2) is 79.0 Å². The molecule has 0 heterocycles. The Kier molecular flexibility index (Phi) is 21.5. The summed E-state index contributed by atoms with van der Waals surface area (Å²) in [5.41, 5.74) is -0.987. The van der Waals surface area contributed by atoms with Gasteiger partial charge in [0.15, 0.2) is 5.78 Å². The number of carbonyl (C=O) groups excluding carboxylic acids is 2. The van der Waals surface area contributed by atoms with Gasteiger partial charge in [0.1, 0.15) is 16.9 Å². The Morgan fingerprint density at radius 2 is 1.38 bits per heavy atom. The quantitative estimate of drug-likeness (QED) is 0.0552. The fourth-order valence-corrected chi connectivity index (χ4v) is 5.22. The molecule has 0 bridgehead atoms. The first-order valence-corrected chi connectivity index (χ1v) is 17.4. The van der Waals surface area contributed by atoms with E-state index in [0.717, 1.165) is 51.4 Å². The van der Waals surface area contributed by atoms with Crippen molar-refractivity contribution in [1.82, 2.24) is 0 Å². The van der Waals surface area contributed by atoms with Gasteiger partial charge in [-0.15, -0.1) is 0 Å². The van der Waals surface area contributed by atoms with E-state index in [1.165, 1.54) is 18.2 Å². The highest BCUT2D eigenvalue weighted by molar-refractivity contribution is 5.99. The number of ketones is 1. The maximum atomic E-state index is 13.6. The van der Waals surface area contributed by atoms with Crippen LogP contribution < -0.4 is 5.32 Å². The van der Waals surface area contributed by atoms with E-state index in [1.807, 2.05) is 27.7 Å². The van der Waals surface area contributed by atoms with Crippen molar-refractivity contribution in [2.24, 2.45) is 11.8 Å². The molecule has 0 saturated heterocycles. The van der Waals surface area contributed by atoms with E-state index >= 15 is 0 Å². The maximum Gasteiger partial charge on any atom is 0.339 e. The molecule has 1 aromatic rings. The number of carboxylic acids is 1. The third kappa shape index (κ3) is 17.1. The lowest BCUT2D eigenvalue weighted by atomic mass is 9.83. The van der Waals surface area contributed by atoms with E-state index in [2.05, 4.69) is 73.0 Å². The second-order valence-corrected chi connectivity index (χ2v) is 12.2. The van der Waals surface area contributed by atoms with Gasteiger partial charge < -0.3 is 20.3 Å². The van der Waals surface area contributed by atoms with Crippen LogP contribution in [0.2, 0.25) is 0 Å². The normalized spacial score (nSPS) is 13.2. The zero-order valence-corrected chi connectivity index (χ0v) is 29.4. The molecule has 0 aliphatic rings. The van der Waals surface area contributed by atoms with Crippen molar-refractivity contribution in [3.05, 3.63) is 84.5 Å². The first-order chi connectivity index (χ1) is 22.6. The lowest BCUT2D eigenvalue weighted by Crippen LogP contribution is -2.43. The number of aromatic hydroxyl groups is 1. The van der Waals surface area contributed by atoms with Gasteiger partial charge >= 0.3 is 5.97 Å². The molecule has 7 nitrogen and oxygen atoms in total. The molecule has 0 aromatic heterocycles. The van der Waals surface area contributed by atoms with Crippen LogP contribution in [0.25, 0.3) is 0 Å². The minimum Gasteiger partial charge on any atom is -0.507 e. The number of carboxylic acid groups (broad SMARTS) is 1. The Morgan fingerprint density at radius 3 is 1.89 bits per heavy atom. The van der Waals surface area contributed by atoms with E-state index in [-0.39, 0.29) is 41.0 Å². The molecule has 1 rings (SSSR count). The lowest BCUT2D eigenvalue weighted by Gasteiger charge is -2.32. The number of anilines is 1. The maximum absolute atomic E-state index is 13.6. The number of hydrogen-bond acceptors (Lipinski definition) is 5. The van der Waals surface area contributed by atoms with E-state index in [9.17, 15) is 24.6 Å². The smallest absolute Gasteiger partial charge is 0.339 e. The topological polar surface area (TPSA) is 113 Å². The fourth-order valence-electron chi connectivity index (χ4n) is 5.22. The summed E-state index contributed by atoms with van der Waals surface area (Å²) >= 11 is 0. The van der Waals surface area contributed by atoms with Crippen LogP contribution in [0.3, 0.4) is 0 Å². The number of carbonyl (C=O) groups is 3. The Morgan fingerprint density at radius 1 is 0.830 bits per heavy atom. The minimum atomic E-state index is -1.29. The molecule has 1 amide bonds. The fraction of sp³-hybridized carbons (Fsp3) is 0.525. The van der Waals surface area contributed by atoms with Crippen molar-refractivity contribution in [3.63, 3.8) is 0 Å².